The molecule has 1 N–H and O–H groups in total. The normalized spacial score (nSPS) is 19.2. The monoisotopic (exact) mass is 443 g/mol. The minimum absolute atomic E-state index is 0.129. The Balaban J connectivity index is 1.45. The van der Waals surface area contributed by atoms with Crippen LogP contribution in [0.5, 0.6) is 5.75 Å². The Morgan fingerprint density at radius 2 is 1.94 bits per heavy atom. The van der Waals surface area contributed by atoms with Gasteiger partial charge in [-0.05, 0) is 68.1 Å². The summed E-state index contributed by atoms with van der Waals surface area (Å²) in [6.07, 6.45) is 2.35. The highest BCUT2D eigenvalue weighted by molar-refractivity contribution is 7.89. The summed E-state index contributed by atoms with van der Waals surface area (Å²) in [6, 6.07) is 12.4. The quantitative estimate of drug-likeness (QED) is 0.742. The van der Waals surface area contributed by atoms with Gasteiger partial charge in [0.2, 0.25) is 15.9 Å². The van der Waals surface area contributed by atoms with Crippen LogP contribution in [0.2, 0.25) is 0 Å². The van der Waals surface area contributed by atoms with Crippen molar-refractivity contribution in [3.63, 3.8) is 0 Å². The number of benzene rings is 2. The Kier molecular flexibility index (Phi) is 6.20. The predicted octanol–water partition coefficient (Wildman–Crippen LogP) is 3.12. The standard InChI is InChI=1S/C23H29N3O4S/c1-3-25-14-12-17-6-7-19(15-22(17)25)24-23(27)18-5-4-13-26(16-18)31(28,29)21-10-8-20(30-2)9-11-21/h6-11,15,18H,3-5,12-14,16H2,1-2H3,(H,24,27). The summed E-state index contributed by atoms with van der Waals surface area (Å²) in [7, 11) is -2.11. The van der Waals surface area contributed by atoms with Crippen molar-refractivity contribution in [2.24, 2.45) is 5.92 Å². The van der Waals surface area contributed by atoms with E-state index in [1.807, 2.05) is 12.1 Å². The van der Waals surface area contributed by atoms with Crippen LogP contribution in [0, 0.1) is 5.92 Å². The van der Waals surface area contributed by atoms with Gasteiger partial charge in [-0.15, -0.1) is 0 Å². The van der Waals surface area contributed by atoms with E-state index in [0.29, 0.717) is 25.1 Å². The van der Waals surface area contributed by atoms with Crippen molar-refractivity contribution in [1.82, 2.24) is 4.31 Å². The minimum atomic E-state index is -3.65. The molecular weight excluding hydrogens is 414 g/mol. The summed E-state index contributed by atoms with van der Waals surface area (Å²) in [5, 5.41) is 3.01. The topological polar surface area (TPSA) is 79.0 Å². The van der Waals surface area contributed by atoms with E-state index in [4.69, 9.17) is 4.74 Å². The van der Waals surface area contributed by atoms with Crippen LogP contribution in [-0.2, 0) is 21.2 Å². The maximum Gasteiger partial charge on any atom is 0.243 e. The molecule has 1 amide bonds. The van der Waals surface area contributed by atoms with Crippen LogP contribution in [0.1, 0.15) is 25.3 Å². The zero-order valence-corrected chi connectivity index (χ0v) is 18.8. The average molecular weight is 444 g/mol. The van der Waals surface area contributed by atoms with Crippen molar-refractivity contribution in [3.8, 4) is 5.75 Å². The number of rotatable bonds is 6. The molecule has 4 rings (SSSR count). The molecule has 1 saturated heterocycles. The van der Waals surface area contributed by atoms with Crippen molar-refractivity contribution >= 4 is 27.3 Å². The van der Waals surface area contributed by atoms with E-state index in [2.05, 4.69) is 23.2 Å². The number of carbonyl (C=O) groups is 1. The SMILES string of the molecule is CCN1CCc2ccc(NC(=O)C3CCCN(S(=O)(=O)c4ccc(OC)cc4)C3)cc21. The van der Waals surface area contributed by atoms with Crippen molar-refractivity contribution in [2.45, 2.75) is 31.1 Å². The first-order chi connectivity index (χ1) is 14.9. The molecule has 2 aliphatic heterocycles. The Morgan fingerprint density at radius 3 is 2.65 bits per heavy atom. The minimum Gasteiger partial charge on any atom is -0.497 e. The number of fused-ring (bicyclic) bond motifs is 1. The highest BCUT2D eigenvalue weighted by atomic mass is 32.2. The second kappa shape index (κ2) is 8.88. The number of nitrogens with one attached hydrogen (secondary N) is 1. The van der Waals surface area contributed by atoms with Crippen LogP contribution < -0.4 is 15.0 Å². The first kappa shape index (κ1) is 21.6. The van der Waals surface area contributed by atoms with Gasteiger partial charge in [0.15, 0.2) is 0 Å². The van der Waals surface area contributed by atoms with Crippen molar-refractivity contribution < 1.29 is 17.9 Å². The van der Waals surface area contributed by atoms with Gasteiger partial charge in [0.1, 0.15) is 5.75 Å². The molecule has 1 atom stereocenters. The van der Waals surface area contributed by atoms with Gasteiger partial charge in [0, 0.05) is 37.6 Å². The van der Waals surface area contributed by atoms with Crippen LogP contribution in [0.3, 0.4) is 0 Å². The van der Waals surface area contributed by atoms with Crippen LogP contribution in [0.4, 0.5) is 11.4 Å². The van der Waals surface area contributed by atoms with E-state index in [0.717, 1.165) is 25.2 Å². The van der Waals surface area contributed by atoms with Gasteiger partial charge < -0.3 is 15.0 Å². The number of piperidine rings is 1. The van der Waals surface area contributed by atoms with Crippen molar-refractivity contribution in [3.05, 3.63) is 48.0 Å². The lowest BCUT2D eigenvalue weighted by atomic mass is 9.98. The van der Waals surface area contributed by atoms with Gasteiger partial charge in [0.05, 0.1) is 17.9 Å². The van der Waals surface area contributed by atoms with Crippen LogP contribution in [-0.4, -0.2) is 51.9 Å². The molecule has 1 fully saturated rings. The summed E-state index contributed by atoms with van der Waals surface area (Å²) in [5.41, 5.74) is 3.24. The molecule has 2 heterocycles. The zero-order valence-electron chi connectivity index (χ0n) is 18.0. The molecule has 0 aromatic heterocycles. The Hall–Kier alpha value is -2.58. The molecule has 0 saturated carbocycles. The third-order valence-corrected chi connectivity index (χ3v) is 8.06. The average Bonchev–Trinajstić information content (AvgIpc) is 3.21. The summed E-state index contributed by atoms with van der Waals surface area (Å²) in [4.78, 5) is 15.5. The van der Waals surface area contributed by atoms with E-state index >= 15 is 0 Å². The highest BCUT2D eigenvalue weighted by Crippen LogP contribution is 2.31. The van der Waals surface area contributed by atoms with Gasteiger partial charge in [-0.1, -0.05) is 6.07 Å². The molecule has 2 aromatic carbocycles. The number of anilines is 2. The molecule has 0 radical (unpaired) electrons. The molecule has 2 aliphatic rings. The Morgan fingerprint density at radius 1 is 1.16 bits per heavy atom. The number of methoxy groups -OCH3 is 1. The number of ether oxygens (including phenoxy) is 1. The summed E-state index contributed by atoms with van der Waals surface area (Å²) >= 11 is 0. The fourth-order valence-electron chi connectivity index (χ4n) is 4.37. The van der Waals surface area contributed by atoms with Crippen LogP contribution in [0.25, 0.3) is 0 Å². The third-order valence-electron chi connectivity index (χ3n) is 6.18. The lowest BCUT2D eigenvalue weighted by Gasteiger charge is -2.31. The van der Waals surface area contributed by atoms with E-state index in [1.54, 1.807) is 24.3 Å². The zero-order chi connectivity index (χ0) is 22.0. The lowest BCUT2D eigenvalue weighted by Crippen LogP contribution is -2.43. The fraction of sp³-hybridized carbons (Fsp3) is 0.435. The largest absolute Gasteiger partial charge is 0.497 e. The number of hydrogen-bond acceptors (Lipinski definition) is 5. The molecule has 31 heavy (non-hydrogen) atoms. The van der Waals surface area contributed by atoms with Crippen molar-refractivity contribution in [2.75, 3.05) is 43.5 Å². The molecule has 0 spiro atoms. The number of amides is 1. The molecule has 0 aliphatic carbocycles. The molecule has 8 heteroatoms. The summed E-state index contributed by atoms with van der Waals surface area (Å²) in [6.45, 7) is 4.67. The third kappa shape index (κ3) is 4.41. The van der Waals surface area contributed by atoms with Crippen LogP contribution >= 0.6 is 0 Å². The van der Waals surface area contributed by atoms with Gasteiger partial charge in [-0.3, -0.25) is 4.79 Å². The highest BCUT2D eigenvalue weighted by Gasteiger charge is 2.33. The predicted molar refractivity (Wildman–Crippen MR) is 121 cm³/mol. The second-order valence-corrected chi connectivity index (χ2v) is 9.98. The number of nitrogens with zero attached hydrogens (tertiary/aromatic N) is 2. The Labute approximate surface area is 184 Å². The molecule has 1 unspecified atom stereocenters. The Bertz CT molecular complexity index is 1050. The lowest BCUT2D eigenvalue weighted by molar-refractivity contribution is -0.120. The first-order valence-electron chi connectivity index (χ1n) is 10.8. The van der Waals surface area contributed by atoms with Gasteiger partial charge in [-0.25, -0.2) is 8.42 Å². The van der Waals surface area contributed by atoms with Crippen molar-refractivity contribution in [1.29, 1.82) is 0 Å². The number of carbonyl (C=O) groups excluding carboxylic acids is 1. The molecule has 2 aromatic rings. The molecule has 166 valence electrons. The number of likely N-dealkylation sites (N-methyl/N-ethyl adjacent to an activating group) is 1. The fourth-order valence-corrected chi connectivity index (χ4v) is 5.89. The maximum atomic E-state index is 13.1. The molecular formula is C23H29N3O4S. The summed E-state index contributed by atoms with van der Waals surface area (Å²) < 4.78 is 32.6. The molecule has 0 bridgehead atoms. The van der Waals surface area contributed by atoms with E-state index in [1.165, 1.54) is 22.7 Å². The smallest absolute Gasteiger partial charge is 0.243 e. The van der Waals surface area contributed by atoms with E-state index in [-0.39, 0.29) is 23.3 Å². The van der Waals surface area contributed by atoms with E-state index in [9.17, 15) is 13.2 Å². The second-order valence-electron chi connectivity index (χ2n) is 8.04. The number of hydrogen-bond donors (Lipinski definition) is 1. The van der Waals surface area contributed by atoms with Gasteiger partial charge in [0.25, 0.3) is 0 Å². The molecule has 7 nitrogen and oxygen atoms in total. The van der Waals surface area contributed by atoms with Gasteiger partial charge >= 0.3 is 0 Å². The first-order valence-corrected chi connectivity index (χ1v) is 12.2. The van der Waals surface area contributed by atoms with Crippen LogP contribution in [0.15, 0.2) is 47.4 Å². The maximum absolute atomic E-state index is 13.1. The number of sulfonamides is 1. The summed E-state index contributed by atoms with van der Waals surface area (Å²) in [5.74, 6) is 0.0961. The van der Waals surface area contributed by atoms with E-state index < -0.39 is 10.0 Å². The van der Waals surface area contributed by atoms with Gasteiger partial charge in [-0.2, -0.15) is 4.31 Å².